The lowest BCUT2D eigenvalue weighted by molar-refractivity contribution is -0.130. The van der Waals surface area contributed by atoms with Gasteiger partial charge >= 0.3 is 0 Å². The van der Waals surface area contributed by atoms with Gasteiger partial charge in [-0.1, -0.05) is 0 Å². The quantitative estimate of drug-likeness (QED) is 0.777. The molecule has 0 aromatic carbocycles. The summed E-state index contributed by atoms with van der Waals surface area (Å²) >= 11 is 0. The summed E-state index contributed by atoms with van der Waals surface area (Å²) in [4.78, 5) is 25.0. The molecule has 1 N–H and O–H groups in total. The zero-order valence-electron chi connectivity index (χ0n) is 14.0. The Kier molecular flexibility index (Phi) is 6.12. The minimum atomic E-state index is 0.142. The summed E-state index contributed by atoms with van der Waals surface area (Å²) in [5.41, 5.74) is 0.841. The molecule has 132 valence electrons. The van der Waals surface area contributed by atoms with Crippen molar-refractivity contribution >= 4 is 5.91 Å². The Morgan fingerprint density at radius 3 is 2.75 bits per heavy atom. The molecule has 2 fully saturated rings. The first-order valence-corrected chi connectivity index (χ1v) is 8.70. The van der Waals surface area contributed by atoms with E-state index in [1.54, 1.807) is 18.6 Å². The third-order valence-corrected chi connectivity index (χ3v) is 4.97. The molecule has 3 rings (SSSR count). The smallest absolute Gasteiger partial charge is 0.222 e. The normalized spacial score (nSPS) is 25.1. The maximum Gasteiger partial charge on any atom is 0.222 e. The predicted octanol–water partition coefficient (Wildman–Crippen LogP) is -0.192. The van der Waals surface area contributed by atoms with E-state index in [0.29, 0.717) is 25.3 Å². The van der Waals surface area contributed by atoms with Crippen LogP contribution in [0.15, 0.2) is 18.6 Å². The molecular weight excluding hydrogens is 308 g/mol. The number of carbonyl (C=O) groups excluding carboxylic acids is 1. The van der Waals surface area contributed by atoms with E-state index < -0.39 is 0 Å². The molecule has 0 aliphatic carbocycles. The van der Waals surface area contributed by atoms with Gasteiger partial charge in [-0.2, -0.15) is 0 Å². The molecule has 2 aliphatic rings. The molecule has 0 saturated carbocycles. The maximum atomic E-state index is 12.5. The van der Waals surface area contributed by atoms with Crippen molar-refractivity contribution < 1.29 is 14.6 Å². The lowest BCUT2D eigenvalue weighted by Crippen LogP contribution is -2.41. The van der Waals surface area contributed by atoms with Crippen molar-refractivity contribution in [2.45, 2.75) is 12.8 Å². The number of morpholine rings is 1. The van der Waals surface area contributed by atoms with Crippen LogP contribution in [0.2, 0.25) is 0 Å². The van der Waals surface area contributed by atoms with Crippen molar-refractivity contribution in [3.05, 3.63) is 24.3 Å². The fraction of sp³-hybridized carbons (Fsp3) is 0.706. The van der Waals surface area contributed by atoms with Crippen molar-refractivity contribution in [3.63, 3.8) is 0 Å². The van der Waals surface area contributed by atoms with Gasteiger partial charge in [-0.15, -0.1) is 0 Å². The van der Waals surface area contributed by atoms with Gasteiger partial charge in [0.05, 0.1) is 18.9 Å². The number of carbonyl (C=O) groups is 1. The fourth-order valence-corrected chi connectivity index (χ4v) is 3.52. The van der Waals surface area contributed by atoms with Crippen LogP contribution in [0.1, 0.15) is 12.1 Å². The average molecular weight is 334 g/mol. The van der Waals surface area contributed by atoms with Crippen LogP contribution < -0.4 is 0 Å². The van der Waals surface area contributed by atoms with E-state index in [9.17, 15) is 9.90 Å². The Bertz CT molecular complexity index is 522. The van der Waals surface area contributed by atoms with Gasteiger partial charge in [-0.05, 0) is 12.3 Å². The number of aliphatic hydroxyl groups excluding tert-OH is 1. The monoisotopic (exact) mass is 334 g/mol. The van der Waals surface area contributed by atoms with E-state index in [4.69, 9.17) is 4.74 Å². The second kappa shape index (κ2) is 8.50. The van der Waals surface area contributed by atoms with E-state index in [-0.39, 0.29) is 18.4 Å². The van der Waals surface area contributed by atoms with Crippen LogP contribution in [0.3, 0.4) is 0 Å². The Morgan fingerprint density at radius 2 is 2.04 bits per heavy atom. The number of amides is 1. The molecule has 1 amide bonds. The highest BCUT2D eigenvalue weighted by Gasteiger charge is 2.35. The lowest BCUT2D eigenvalue weighted by atomic mass is 9.96. The molecule has 2 saturated heterocycles. The maximum absolute atomic E-state index is 12.5. The van der Waals surface area contributed by atoms with Crippen molar-refractivity contribution in [1.29, 1.82) is 0 Å². The summed E-state index contributed by atoms with van der Waals surface area (Å²) in [7, 11) is 0. The van der Waals surface area contributed by atoms with Crippen molar-refractivity contribution in [3.8, 4) is 0 Å². The number of hydrogen-bond donors (Lipinski definition) is 1. The van der Waals surface area contributed by atoms with Gasteiger partial charge in [-0.25, -0.2) is 0 Å². The molecule has 2 aliphatic heterocycles. The van der Waals surface area contributed by atoms with E-state index in [2.05, 4.69) is 14.9 Å². The Labute approximate surface area is 142 Å². The van der Waals surface area contributed by atoms with Crippen molar-refractivity contribution in [2.75, 3.05) is 52.5 Å². The van der Waals surface area contributed by atoms with Crippen LogP contribution >= 0.6 is 0 Å². The first-order valence-electron chi connectivity index (χ1n) is 8.70. The Hall–Kier alpha value is -1.57. The summed E-state index contributed by atoms with van der Waals surface area (Å²) in [6.07, 6.45) is 6.04. The molecule has 2 atom stereocenters. The van der Waals surface area contributed by atoms with Gasteiger partial charge in [0.1, 0.15) is 0 Å². The van der Waals surface area contributed by atoms with E-state index in [1.165, 1.54) is 0 Å². The second-order valence-electron chi connectivity index (χ2n) is 6.61. The fourth-order valence-electron chi connectivity index (χ4n) is 3.52. The van der Waals surface area contributed by atoms with Crippen LogP contribution in [0.25, 0.3) is 0 Å². The third-order valence-electron chi connectivity index (χ3n) is 4.97. The number of rotatable bonds is 6. The van der Waals surface area contributed by atoms with E-state index in [0.717, 1.165) is 45.1 Å². The van der Waals surface area contributed by atoms with E-state index in [1.807, 2.05) is 4.90 Å². The number of aromatic nitrogens is 2. The minimum Gasteiger partial charge on any atom is -0.396 e. The summed E-state index contributed by atoms with van der Waals surface area (Å²) in [5, 5.41) is 9.67. The van der Waals surface area contributed by atoms with Crippen LogP contribution in [0.5, 0.6) is 0 Å². The molecule has 7 nitrogen and oxygen atoms in total. The molecule has 0 spiro atoms. The molecule has 3 heterocycles. The number of hydrogen-bond acceptors (Lipinski definition) is 6. The van der Waals surface area contributed by atoms with Crippen molar-refractivity contribution in [1.82, 2.24) is 19.8 Å². The number of likely N-dealkylation sites (tertiary alicyclic amines) is 1. The third kappa shape index (κ3) is 4.49. The van der Waals surface area contributed by atoms with Crippen molar-refractivity contribution in [2.24, 2.45) is 11.8 Å². The first-order chi connectivity index (χ1) is 11.8. The number of aliphatic hydroxyl groups is 1. The molecule has 0 bridgehead atoms. The highest BCUT2D eigenvalue weighted by Crippen LogP contribution is 2.25. The van der Waals surface area contributed by atoms with Gasteiger partial charge in [0.2, 0.25) is 5.91 Å². The Balaban J connectivity index is 1.50. The largest absolute Gasteiger partial charge is 0.396 e. The topological polar surface area (TPSA) is 78.8 Å². The zero-order valence-corrected chi connectivity index (χ0v) is 14.0. The number of aryl methyl sites for hydroxylation is 1. The van der Waals surface area contributed by atoms with Crippen LogP contribution in [0, 0.1) is 11.8 Å². The Morgan fingerprint density at radius 1 is 1.25 bits per heavy atom. The molecular formula is C17H26N4O3. The molecule has 1 aromatic heterocycles. The van der Waals surface area contributed by atoms with Gasteiger partial charge in [0, 0.05) is 70.3 Å². The second-order valence-corrected chi connectivity index (χ2v) is 6.61. The lowest BCUT2D eigenvalue weighted by Gasteiger charge is -2.30. The van der Waals surface area contributed by atoms with Crippen LogP contribution in [-0.2, 0) is 16.0 Å². The first kappa shape index (κ1) is 17.3. The molecule has 24 heavy (non-hydrogen) atoms. The summed E-state index contributed by atoms with van der Waals surface area (Å²) in [5.74, 6) is 0.658. The number of ether oxygens (including phenoxy) is 1. The average Bonchev–Trinajstić information content (AvgIpc) is 3.04. The molecule has 1 aromatic rings. The highest BCUT2D eigenvalue weighted by molar-refractivity contribution is 5.76. The minimum absolute atomic E-state index is 0.142. The van der Waals surface area contributed by atoms with Gasteiger partial charge in [0.25, 0.3) is 0 Å². The van der Waals surface area contributed by atoms with Gasteiger partial charge in [0.15, 0.2) is 0 Å². The van der Waals surface area contributed by atoms with Crippen LogP contribution in [-0.4, -0.2) is 83.3 Å². The predicted molar refractivity (Wildman–Crippen MR) is 88.3 cm³/mol. The molecule has 0 unspecified atom stereocenters. The van der Waals surface area contributed by atoms with Crippen LogP contribution in [0.4, 0.5) is 0 Å². The zero-order chi connectivity index (χ0) is 16.8. The van der Waals surface area contributed by atoms with E-state index >= 15 is 0 Å². The standard InChI is InChI=1S/C17H26N4O3/c22-13-15-12-21(11-14(15)10-20-5-7-24-8-6-20)17(23)2-1-16-9-18-3-4-19-16/h3-4,9,14-15,22H,1-2,5-8,10-13H2/t14-,15-/m0/s1. The highest BCUT2D eigenvalue weighted by atomic mass is 16.5. The molecule has 7 heteroatoms. The summed E-state index contributed by atoms with van der Waals surface area (Å²) < 4.78 is 5.38. The summed E-state index contributed by atoms with van der Waals surface area (Å²) in [6.45, 7) is 5.90. The summed E-state index contributed by atoms with van der Waals surface area (Å²) in [6, 6.07) is 0. The van der Waals surface area contributed by atoms with Gasteiger partial charge in [-0.3, -0.25) is 19.7 Å². The number of nitrogens with zero attached hydrogens (tertiary/aromatic N) is 4. The SMILES string of the molecule is O=C(CCc1cnccn1)N1C[C@@H](CO)[C@@H](CN2CCOCC2)C1. The molecule has 0 radical (unpaired) electrons. The van der Waals surface area contributed by atoms with Gasteiger partial charge < -0.3 is 14.7 Å².